The van der Waals surface area contributed by atoms with Crippen molar-refractivity contribution in [2.45, 2.75) is 19.2 Å². The number of fused-ring (bicyclic) bond motifs is 1. The van der Waals surface area contributed by atoms with Gasteiger partial charge in [0, 0.05) is 12.1 Å². The van der Waals surface area contributed by atoms with Gasteiger partial charge in [-0.2, -0.15) is 18.2 Å². The highest BCUT2D eigenvalue weighted by Crippen LogP contribution is 2.39. The highest BCUT2D eigenvalue weighted by Gasteiger charge is 2.32. The Morgan fingerprint density at radius 2 is 2.03 bits per heavy atom. The summed E-state index contributed by atoms with van der Waals surface area (Å²) in [5, 5.41) is 19.5. The van der Waals surface area contributed by atoms with Crippen LogP contribution >= 0.6 is 0 Å². The molecular formula is C19H18F3N3O4. The van der Waals surface area contributed by atoms with Crippen molar-refractivity contribution < 1.29 is 32.5 Å². The number of phenols is 1. The molecule has 0 bridgehead atoms. The SMILES string of the molecule is Cc1cc(C(F)(F)F)cc(O)c1-c1ccc2oc(N3CCO[C@@H](CO)C3)nc2n1. The molecule has 1 aliphatic heterocycles. The Balaban J connectivity index is 1.70. The highest BCUT2D eigenvalue weighted by molar-refractivity contribution is 5.78. The Morgan fingerprint density at radius 3 is 2.72 bits per heavy atom. The van der Waals surface area contributed by atoms with E-state index in [-0.39, 0.29) is 35.2 Å². The standard InChI is InChI=1S/C19H18F3N3O4/c1-10-6-11(19(20,21)22)7-14(27)16(10)13-2-3-15-17(23-13)24-18(29-15)25-4-5-28-12(8-25)9-26/h2-3,6-7,12,26-27H,4-5,8-9H2,1H3/t12-/m1/s1. The van der Waals surface area contributed by atoms with Crippen molar-refractivity contribution in [2.75, 3.05) is 31.2 Å². The lowest BCUT2D eigenvalue weighted by atomic mass is 10.0. The van der Waals surface area contributed by atoms with Crippen LogP contribution in [0.3, 0.4) is 0 Å². The molecule has 1 saturated heterocycles. The molecule has 0 spiro atoms. The van der Waals surface area contributed by atoms with Gasteiger partial charge in [-0.15, -0.1) is 0 Å². The van der Waals surface area contributed by atoms with Crippen molar-refractivity contribution in [2.24, 2.45) is 0 Å². The van der Waals surface area contributed by atoms with Gasteiger partial charge in [0.2, 0.25) is 5.65 Å². The van der Waals surface area contributed by atoms with Crippen molar-refractivity contribution in [1.29, 1.82) is 0 Å². The molecule has 1 aromatic carbocycles. The molecule has 154 valence electrons. The van der Waals surface area contributed by atoms with Crippen molar-refractivity contribution in [1.82, 2.24) is 9.97 Å². The maximum Gasteiger partial charge on any atom is 0.416 e. The molecule has 0 saturated carbocycles. The van der Waals surface area contributed by atoms with Crippen molar-refractivity contribution in [3.05, 3.63) is 35.4 Å². The van der Waals surface area contributed by atoms with E-state index in [0.717, 1.165) is 6.07 Å². The second-order valence-corrected chi connectivity index (χ2v) is 6.82. The number of morpholine rings is 1. The van der Waals surface area contributed by atoms with Crippen LogP contribution in [-0.2, 0) is 10.9 Å². The molecule has 0 unspecified atom stereocenters. The van der Waals surface area contributed by atoms with Gasteiger partial charge in [-0.3, -0.25) is 0 Å². The molecule has 2 N–H and O–H groups in total. The van der Waals surface area contributed by atoms with Gasteiger partial charge >= 0.3 is 6.18 Å². The van der Waals surface area contributed by atoms with Crippen LogP contribution in [0.1, 0.15) is 11.1 Å². The molecule has 4 rings (SSSR count). The van der Waals surface area contributed by atoms with Gasteiger partial charge < -0.3 is 24.3 Å². The molecule has 29 heavy (non-hydrogen) atoms. The van der Waals surface area contributed by atoms with Gasteiger partial charge in [0.15, 0.2) is 5.58 Å². The minimum atomic E-state index is -4.55. The number of ether oxygens (including phenoxy) is 1. The Bertz CT molecular complexity index is 1030. The lowest BCUT2D eigenvalue weighted by Crippen LogP contribution is -2.44. The Morgan fingerprint density at radius 1 is 1.24 bits per heavy atom. The fraction of sp³-hybridized carbons (Fsp3) is 0.368. The molecule has 0 amide bonds. The van der Waals surface area contributed by atoms with Gasteiger partial charge in [-0.1, -0.05) is 0 Å². The number of aryl methyl sites for hydroxylation is 1. The zero-order valence-electron chi connectivity index (χ0n) is 15.4. The quantitative estimate of drug-likeness (QED) is 0.687. The van der Waals surface area contributed by atoms with Crippen molar-refractivity contribution in [3.63, 3.8) is 0 Å². The van der Waals surface area contributed by atoms with E-state index in [1.54, 1.807) is 12.1 Å². The summed E-state index contributed by atoms with van der Waals surface area (Å²) in [7, 11) is 0. The average Bonchev–Trinajstić information content (AvgIpc) is 3.10. The lowest BCUT2D eigenvalue weighted by Gasteiger charge is -2.30. The van der Waals surface area contributed by atoms with E-state index in [9.17, 15) is 23.4 Å². The topological polar surface area (TPSA) is 91.9 Å². The van der Waals surface area contributed by atoms with Crippen LogP contribution in [0, 0.1) is 6.92 Å². The largest absolute Gasteiger partial charge is 0.507 e. The van der Waals surface area contributed by atoms with E-state index in [4.69, 9.17) is 9.15 Å². The maximum atomic E-state index is 12.9. The first kappa shape index (κ1) is 19.5. The fourth-order valence-corrected chi connectivity index (χ4v) is 3.35. The minimum Gasteiger partial charge on any atom is -0.507 e. The Hall–Kier alpha value is -2.85. The number of hydrogen-bond acceptors (Lipinski definition) is 7. The lowest BCUT2D eigenvalue weighted by molar-refractivity contribution is -0.137. The third kappa shape index (κ3) is 3.73. The van der Waals surface area contributed by atoms with E-state index >= 15 is 0 Å². The summed E-state index contributed by atoms with van der Waals surface area (Å²) in [4.78, 5) is 10.5. The number of oxazole rings is 1. The summed E-state index contributed by atoms with van der Waals surface area (Å²) in [6.07, 6.45) is -4.89. The van der Waals surface area contributed by atoms with E-state index < -0.39 is 17.5 Å². The number of alkyl halides is 3. The zero-order chi connectivity index (χ0) is 20.8. The second kappa shape index (κ2) is 7.20. The number of halogens is 3. The fourth-order valence-electron chi connectivity index (χ4n) is 3.35. The van der Waals surface area contributed by atoms with Crippen molar-refractivity contribution >= 4 is 17.2 Å². The zero-order valence-corrected chi connectivity index (χ0v) is 15.4. The summed E-state index contributed by atoms with van der Waals surface area (Å²) in [6.45, 7) is 2.73. The van der Waals surface area contributed by atoms with Crippen LogP contribution in [0.15, 0.2) is 28.7 Å². The monoisotopic (exact) mass is 409 g/mol. The Kier molecular flexibility index (Phi) is 4.83. The first-order chi connectivity index (χ1) is 13.8. The molecule has 1 atom stereocenters. The van der Waals surface area contributed by atoms with E-state index in [2.05, 4.69) is 9.97 Å². The van der Waals surface area contributed by atoms with E-state index in [1.807, 2.05) is 4.90 Å². The molecule has 0 aliphatic carbocycles. The summed E-state index contributed by atoms with van der Waals surface area (Å²) < 4.78 is 50.0. The third-order valence-electron chi connectivity index (χ3n) is 4.75. The van der Waals surface area contributed by atoms with Crippen LogP contribution in [0.4, 0.5) is 19.2 Å². The number of rotatable bonds is 3. The molecule has 0 radical (unpaired) electrons. The summed E-state index contributed by atoms with van der Waals surface area (Å²) in [6, 6.07) is 5.14. The predicted molar refractivity (Wildman–Crippen MR) is 97.7 cm³/mol. The number of aliphatic hydroxyl groups excluding tert-OH is 1. The molecule has 1 aliphatic rings. The van der Waals surface area contributed by atoms with Crippen LogP contribution < -0.4 is 4.90 Å². The van der Waals surface area contributed by atoms with Gasteiger partial charge in [0.25, 0.3) is 6.01 Å². The van der Waals surface area contributed by atoms with Crippen LogP contribution in [0.25, 0.3) is 22.5 Å². The average molecular weight is 409 g/mol. The van der Waals surface area contributed by atoms with E-state index in [1.165, 1.54) is 6.92 Å². The first-order valence-corrected chi connectivity index (χ1v) is 8.92. The number of benzene rings is 1. The second-order valence-electron chi connectivity index (χ2n) is 6.82. The number of aliphatic hydroxyl groups is 1. The van der Waals surface area contributed by atoms with Gasteiger partial charge in [0.05, 0.1) is 37.1 Å². The van der Waals surface area contributed by atoms with Crippen LogP contribution in [-0.4, -0.2) is 52.6 Å². The number of nitrogens with zero attached hydrogens (tertiary/aromatic N) is 3. The minimum absolute atomic E-state index is 0.119. The highest BCUT2D eigenvalue weighted by atomic mass is 19.4. The number of hydrogen-bond donors (Lipinski definition) is 2. The molecule has 3 heterocycles. The summed E-state index contributed by atoms with van der Waals surface area (Å²) >= 11 is 0. The number of aromatic hydroxyl groups is 1. The molecule has 3 aromatic rings. The van der Waals surface area contributed by atoms with Gasteiger partial charge in [-0.25, -0.2) is 4.98 Å². The number of pyridine rings is 1. The normalized spacial score (nSPS) is 17.8. The van der Waals surface area contributed by atoms with Gasteiger partial charge in [-0.05, 0) is 36.8 Å². The number of phenolic OH excluding ortho intramolecular Hbond substituents is 1. The number of aromatic nitrogens is 2. The van der Waals surface area contributed by atoms with Gasteiger partial charge in [0.1, 0.15) is 5.75 Å². The molecule has 10 heteroatoms. The molecular weight excluding hydrogens is 391 g/mol. The first-order valence-electron chi connectivity index (χ1n) is 8.92. The van der Waals surface area contributed by atoms with Crippen molar-refractivity contribution in [3.8, 4) is 17.0 Å². The molecule has 2 aromatic heterocycles. The Labute approximate surface area is 163 Å². The van der Waals surface area contributed by atoms with E-state index in [0.29, 0.717) is 37.4 Å². The summed E-state index contributed by atoms with van der Waals surface area (Å²) in [5.41, 5.74) is 0.481. The summed E-state index contributed by atoms with van der Waals surface area (Å²) in [5.74, 6) is -0.508. The molecule has 1 fully saturated rings. The maximum absolute atomic E-state index is 12.9. The van der Waals surface area contributed by atoms with Crippen LogP contribution in [0.5, 0.6) is 5.75 Å². The predicted octanol–water partition coefficient (Wildman–Crippen LogP) is 3.12. The third-order valence-corrected chi connectivity index (χ3v) is 4.75. The van der Waals surface area contributed by atoms with Crippen LogP contribution in [0.2, 0.25) is 0 Å². The molecule has 7 nitrogen and oxygen atoms in total. The smallest absolute Gasteiger partial charge is 0.416 e. The number of anilines is 1.